The fraction of sp³-hybridized carbons (Fsp3) is 0.655. The number of nitrogens with zero attached hydrogens (tertiary/aromatic N) is 3. The van der Waals surface area contributed by atoms with Gasteiger partial charge in [0.05, 0.1) is 17.6 Å². The van der Waals surface area contributed by atoms with Crippen molar-refractivity contribution in [2.45, 2.75) is 96.2 Å². The van der Waals surface area contributed by atoms with E-state index in [0.717, 1.165) is 59.9 Å². The molecule has 8 heteroatoms. The van der Waals surface area contributed by atoms with Gasteiger partial charge in [-0.15, -0.1) is 0 Å². The van der Waals surface area contributed by atoms with E-state index in [-0.39, 0.29) is 41.2 Å². The van der Waals surface area contributed by atoms with Crippen molar-refractivity contribution in [3.05, 3.63) is 29.6 Å². The number of hydrogen-bond donors (Lipinski definition) is 4. The number of anilines is 1. The van der Waals surface area contributed by atoms with Crippen LogP contribution in [0.1, 0.15) is 87.3 Å². The minimum atomic E-state index is -0.182. The molecule has 3 atom stereocenters. The second-order valence-corrected chi connectivity index (χ2v) is 12.5. The van der Waals surface area contributed by atoms with Gasteiger partial charge in [0, 0.05) is 11.4 Å². The lowest BCUT2D eigenvalue weighted by molar-refractivity contribution is -0.0688. The van der Waals surface area contributed by atoms with E-state index in [0.29, 0.717) is 5.82 Å². The van der Waals surface area contributed by atoms with Gasteiger partial charge in [-0.1, -0.05) is 24.5 Å². The Labute approximate surface area is 219 Å². The molecule has 0 spiro atoms. The highest BCUT2D eigenvalue weighted by Crippen LogP contribution is 2.61. The first-order valence-corrected chi connectivity index (χ1v) is 14.2. The van der Waals surface area contributed by atoms with Gasteiger partial charge in [0.25, 0.3) is 5.91 Å². The van der Waals surface area contributed by atoms with Crippen LogP contribution >= 0.6 is 0 Å². The first-order chi connectivity index (χ1) is 17.8. The number of aromatic nitrogens is 2. The summed E-state index contributed by atoms with van der Waals surface area (Å²) in [6.45, 7) is 4.26. The molecule has 0 radical (unpaired) electrons. The molecule has 4 bridgehead atoms. The van der Waals surface area contributed by atoms with Crippen LogP contribution in [0.25, 0.3) is 10.9 Å². The number of nitrogens with one attached hydrogen (secondary N) is 2. The van der Waals surface area contributed by atoms with Crippen molar-refractivity contribution in [3.63, 3.8) is 0 Å². The van der Waals surface area contributed by atoms with E-state index in [9.17, 15) is 4.79 Å². The minimum absolute atomic E-state index is 0.0121. The lowest BCUT2D eigenvalue weighted by Gasteiger charge is -2.59. The third-order valence-corrected chi connectivity index (χ3v) is 9.77. The Balaban J connectivity index is 1.27. The van der Waals surface area contributed by atoms with Crippen molar-refractivity contribution in [3.8, 4) is 0 Å². The Morgan fingerprint density at radius 2 is 1.73 bits per heavy atom. The average Bonchev–Trinajstić information content (AvgIpc) is 2.84. The number of aliphatic imine (C=N–C) groups is 1. The lowest BCUT2D eigenvalue weighted by atomic mass is 9.48. The molecule has 6 N–H and O–H groups in total. The van der Waals surface area contributed by atoms with Crippen molar-refractivity contribution < 1.29 is 4.79 Å². The van der Waals surface area contributed by atoms with E-state index in [4.69, 9.17) is 21.4 Å². The molecule has 5 fully saturated rings. The fourth-order valence-corrected chi connectivity index (χ4v) is 8.38. The summed E-state index contributed by atoms with van der Waals surface area (Å²) in [5.74, 6) is 3.37. The Morgan fingerprint density at radius 1 is 1.05 bits per heavy atom. The van der Waals surface area contributed by atoms with Crippen molar-refractivity contribution in [2.75, 3.05) is 5.32 Å². The van der Waals surface area contributed by atoms with Crippen molar-refractivity contribution in [1.82, 2.24) is 15.3 Å². The smallest absolute Gasteiger partial charge is 0.289 e. The Kier molecular flexibility index (Phi) is 6.24. The quantitative estimate of drug-likeness (QED) is 0.344. The van der Waals surface area contributed by atoms with Crippen LogP contribution in [-0.2, 0) is 0 Å². The molecule has 198 valence electrons. The molecule has 5 aliphatic carbocycles. The van der Waals surface area contributed by atoms with E-state index < -0.39 is 0 Å². The van der Waals surface area contributed by atoms with Gasteiger partial charge in [-0.3, -0.25) is 4.79 Å². The van der Waals surface area contributed by atoms with E-state index >= 15 is 0 Å². The van der Waals surface area contributed by atoms with Crippen LogP contribution in [0.15, 0.2) is 23.2 Å². The number of carbonyl (C=O) groups is 1. The summed E-state index contributed by atoms with van der Waals surface area (Å²) in [4.78, 5) is 27.6. The van der Waals surface area contributed by atoms with E-state index in [2.05, 4.69) is 35.5 Å². The Bertz CT molecular complexity index is 1180. The Morgan fingerprint density at radius 3 is 2.41 bits per heavy atom. The second-order valence-electron chi connectivity index (χ2n) is 12.5. The van der Waals surface area contributed by atoms with Gasteiger partial charge in [0.1, 0.15) is 5.82 Å². The molecular formula is C29H41N7O. The highest BCUT2D eigenvalue weighted by Gasteiger charge is 2.53. The number of amides is 1. The van der Waals surface area contributed by atoms with Crippen LogP contribution in [0.3, 0.4) is 0 Å². The predicted octanol–water partition coefficient (Wildman–Crippen LogP) is 4.27. The van der Waals surface area contributed by atoms with Crippen LogP contribution in [0, 0.1) is 30.1 Å². The zero-order chi connectivity index (χ0) is 25.7. The maximum atomic E-state index is 13.6. The second kappa shape index (κ2) is 9.44. The zero-order valence-corrected chi connectivity index (χ0v) is 22.2. The molecule has 7 rings (SSSR count). The van der Waals surface area contributed by atoms with Crippen molar-refractivity contribution >= 4 is 28.6 Å². The monoisotopic (exact) mass is 503 g/mol. The first kappa shape index (κ1) is 24.4. The minimum Gasteiger partial charge on any atom is -0.370 e. The maximum absolute atomic E-state index is 13.6. The molecule has 3 unspecified atom stereocenters. The van der Waals surface area contributed by atoms with E-state index in [1.165, 1.54) is 38.5 Å². The van der Waals surface area contributed by atoms with Crippen LogP contribution in [0.2, 0.25) is 0 Å². The number of nitrogens with two attached hydrogens (primary N) is 2. The molecule has 1 aromatic heterocycles. The molecule has 5 saturated carbocycles. The molecule has 8 nitrogen and oxygen atoms in total. The normalized spacial score (nSPS) is 33.2. The molecule has 37 heavy (non-hydrogen) atoms. The Hall–Kier alpha value is -2.90. The fourth-order valence-electron chi connectivity index (χ4n) is 8.38. The molecule has 0 aliphatic heterocycles. The summed E-state index contributed by atoms with van der Waals surface area (Å²) in [6, 6.07) is 6.24. The van der Waals surface area contributed by atoms with Crippen LogP contribution in [0.5, 0.6) is 0 Å². The number of aryl methyl sites for hydroxylation is 1. The van der Waals surface area contributed by atoms with Gasteiger partial charge in [-0.2, -0.15) is 0 Å². The molecular weight excluding hydrogens is 462 g/mol. The SMILES string of the molecule is Cc1ccc2nc(C(=O)NC(C)C34CC5CC(CC(C5)C3)C4)nc(NC3CCCCC3N=C(N)N)c2c1. The van der Waals surface area contributed by atoms with Crippen LogP contribution in [0.4, 0.5) is 5.82 Å². The van der Waals surface area contributed by atoms with Gasteiger partial charge in [0.15, 0.2) is 5.96 Å². The molecule has 1 aromatic carbocycles. The number of carbonyl (C=O) groups excluding carboxylic acids is 1. The topological polar surface area (TPSA) is 131 Å². The standard InChI is InChI=1S/C29H41N7O/c1-16-7-8-22-21(9-16)25(34-23-5-3-4-6-24(23)35-28(30)31)36-26(33-22)27(37)32-17(2)29-13-18-10-19(14-29)12-20(11-18)15-29/h7-9,17-20,23-24H,3-6,10-15H2,1-2H3,(H,32,37)(H4,30,31,35)(H,33,34,36). The van der Waals surface area contributed by atoms with Gasteiger partial charge in [-0.05, 0) is 101 Å². The summed E-state index contributed by atoms with van der Waals surface area (Å²) >= 11 is 0. The first-order valence-electron chi connectivity index (χ1n) is 14.2. The third kappa shape index (κ3) is 4.75. The predicted molar refractivity (Wildman–Crippen MR) is 147 cm³/mol. The molecule has 5 aliphatic rings. The summed E-state index contributed by atoms with van der Waals surface area (Å²) in [5, 5.41) is 7.88. The van der Waals surface area contributed by atoms with E-state index in [1.54, 1.807) is 0 Å². The van der Waals surface area contributed by atoms with E-state index in [1.807, 2.05) is 12.1 Å². The maximum Gasteiger partial charge on any atom is 0.289 e. The zero-order valence-electron chi connectivity index (χ0n) is 22.2. The summed E-state index contributed by atoms with van der Waals surface area (Å²) in [7, 11) is 0. The number of hydrogen-bond acceptors (Lipinski definition) is 5. The molecule has 1 amide bonds. The molecule has 1 heterocycles. The summed E-state index contributed by atoms with van der Waals surface area (Å²) < 4.78 is 0. The average molecular weight is 504 g/mol. The van der Waals surface area contributed by atoms with Crippen molar-refractivity contribution in [2.24, 2.45) is 39.6 Å². The van der Waals surface area contributed by atoms with Crippen LogP contribution < -0.4 is 22.1 Å². The van der Waals surface area contributed by atoms with Gasteiger partial charge in [-0.25, -0.2) is 15.0 Å². The third-order valence-electron chi connectivity index (χ3n) is 9.77. The van der Waals surface area contributed by atoms with Gasteiger partial charge in [0.2, 0.25) is 5.82 Å². The molecule has 0 saturated heterocycles. The number of guanidine groups is 1. The highest BCUT2D eigenvalue weighted by molar-refractivity contribution is 5.96. The number of benzene rings is 1. The summed E-state index contributed by atoms with van der Waals surface area (Å²) in [5.41, 5.74) is 13.6. The lowest BCUT2D eigenvalue weighted by Crippen LogP contribution is -2.56. The molecule has 2 aromatic rings. The van der Waals surface area contributed by atoms with Crippen molar-refractivity contribution in [1.29, 1.82) is 0 Å². The summed E-state index contributed by atoms with van der Waals surface area (Å²) in [6.07, 6.45) is 12.0. The van der Waals surface area contributed by atoms with Crippen LogP contribution in [-0.4, -0.2) is 40.0 Å². The largest absolute Gasteiger partial charge is 0.370 e. The van der Waals surface area contributed by atoms with Gasteiger partial charge >= 0.3 is 0 Å². The number of fused-ring (bicyclic) bond motifs is 1. The highest BCUT2D eigenvalue weighted by atomic mass is 16.2. The van der Waals surface area contributed by atoms with Gasteiger partial charge < -0.3 is 22.1 Å². The number of rotatable bonds is 6.